The Labute approximate surface area is 282 Å². The van der Waals surface area contributed by atoms with Gasteiger partial charge in [0.2, 0.25) is 0 Å². The number of anilines is 1. The number of benzene rings is 1. The van der Waals surface area contributed by atoms with Gasteiger partial charge in [0.05, 0.1) is 0 Å². The summed E-state index contributed by atoms with van der Waals surface area (Å²) in [6.07, 6.45) is 8.40. The Morgan fingerprint density at radius 3 is 2.39 bits per heavy atom. The first-order chi connectivity index (χ1) is 21.9. The number of Topliss-reactive ketones (excluding diaryl/α,β-unsaturated/α-hetero) is 1. The number of alkyl halides is 2. The predicted molar refractivity (Wildman–Crippen MR) is 179 cm³/mol. The van der Waals surface area contributed by atoms with Crippen molar-refractivity contribution in [3.8, 4) is 0 Å². The molecule has 0 aromatic heterocycles. The molecule has 3 saturated carbocycles. The molecule has 1 aromatic carbocycles. The first-order valence-corrected chi connectivity index (χ1v) is 17.8. The summed E-state index contributed by atoms with van der Waals surface area (Å²) < 4.78 is 11.5. The first-order valence-electron chi connectivity index (χ1n) is 16.7. The van der Waals surface area contributed by atoms with E-state index in [9.17, 15) is 19.2 Å². The number of allylic oxidation sites excluding steroid dienone is 1. The highest BCUT2D eigenvalue weighted by Gasteiger charge is 2.68. The summed E-state index contributed by atoms with van der Waals surface area (Å²) in [5.41, 5.74) is 7.52. The van der Waals surface area contributed by atoms with Gasteiger partial charge in [-0.05, 0) is 92.7 Å². The lowest BCUT2D eigenvalue weighted by Gasteiger charge is -2.59. The van der Waals surface area contributed by atoms with Gasteiger partial charge in [0, 0.05) is 48.8 Å². The van der Waals surface area contributed by atoms with Crippen LogP contribution in [-0.2, 0) is 35.1 Å². The molecule has 46 heavy (non-hydrogen) atoms. The maximum absolute atomic E-state index is 13.4. The highest BCUT2D eigenvalue weighted by atomic mass is 35.5. The monoisotopic (exact) mass is 674 g/mol. The normalized spacial score (nSPS) is 32.3. The zero-order chi connectivity index (χ0) is 33.3. The number of esters is 2. The predicted octanol–water partition coefficient (Wildman–Crippen LogP) is 5.79. The van der Waals surface area contributed by atoms with Gasteiger partial charge in [0.1, 0.15) is 6.04 Å². The molecular formula is C36H48Cl2N2O6. The van der Waals surface area contributed by atoms with Gasteiger partial charge < -0.3 is 20.1 Å². The van der Waals surface area contributed by atoms with Crippen LogP contribution in [0, 0.1) is 28.6 Å². The van der Waals surface area contributed by atoms with E-state index in [0.717, 1.165) is 49.8 Å². The third kappa shape index (κ3) is 6.26. The van der Waals surface area contributed by atoms with Crippen LogP contribution in [-0.4, -0.2) is 66.6 Å². The van der Waals surface area contributed by atoms with Crippen LogP contribution in [0.3, 0.4) is 0 Å². The van der Waals surface area contributed by atoms with Gasteiger partial charge in [-0.25, -0.2) is 4.79 Å². The molecule has 0 spiro atoms. The molecule has 4 aliphatic rings. The summed E-state index contributed by atoms with van der Waals surface area (Å²) >= 11 is 12.0. The Balaban J connectivity index is 1.24. The number of ketones is 2. The van der Waals surface area contributed by atoms with E-state index in [4.69, 9.17) is 38.4 Å². The maximum Gasteiger partial charge on any atom is 0.345 e. The molecule has 5 rings (SSSR count). The number of carbonyl (C=O) groups excluding carboxylic acids is 4. The van der Waals surface area contributed by atoms with Crippen molar-refractivity contribution in [1.29, 1.82) is 0 Å². The van der Waals surface area contributed by atoms with Crippen molar-refractivity contribution in [2.24, 2.45) is 34.3 Å². The van der Waals surface area contributed by atoms with Gasteiger partial charge in [-0.1, -0.05) is 37.6 Å². The van der Waals surface area contributed by atoms with Crippen LogP contribution in [0.2, 0.25) is 0 Å². The number of halogens is 2. The Morgan fingerprint density at radius 2 is 1.70 bits per heavy atom. The van der Waals surface area contributed by atoms with E-state index in [1.54, 1.807) is 0 Å². The minimum atomic E-state index is -1.26. The molecule has 10 heteroatoms. The van der Waals surface area contributed by atoms with Crippen molar-refractivity contribution in [3.63, 3.8) is 0 Å². The van der Waals surface area contributed by atoms with Crippen molar-refractivity contribution in [3.05, 3.63) is 41.5 Å². The quantitative estimate of drug-likeness (QED) is 0.219. The van der Waals surface area contributed by atoms with E-state index in [1.807, 2.05) is 35.2 Å². The first kappa shape index (κ1) is 34.9. The summed E-state index contributed by atoms with van der Waals surface area (Å²) in [4.78, 5) is 53.9. The number of fused-ring (bicyclic) bond motifs is 5. The van der Waals surface area contributed by atoms with Crippen LogP contribution in [0.25, 0.3) is 0 Å². The molecule has 0 aliphatic heterocycles. The highest BCUT2D eigenvalue weighted by Crippen LogP contribution is 2.68. The number of para-hydroxylation sites is 1. The molecule has 8 nitrogen and oxygen atoms in total. The second-order valence-electron chi connectivity index (χ2n) is 14.2. The summed E-state index contributed by atoms with van der Waals surface area (Å²) in [6, 6.07) is 6.60. The number of nitrogens with two attached hydrogens (primary N) is 1. The van der Waals surface area contributed by atoms with Gasteiger partial charge in [0.25, 0.3) is 0 Å². The molecular weight excluding hydrogens is 627 g/mol. The fourth-order valence-electron chi connectivity index (χ4n) is 9.71. The van der Waals surface area contributed by atoms with Crippen LogP contribution < -0.4 is 10.6 Å². The molecule has 0 amide bonds. The van der Waals surface area contributed by atoms with Gasteiger partial charge in [0.15, 0.2) is 23.8 Å². The number of carbonyl (C=O) groups is 4. The van der Waals surface area contributed by atoms with Crippen LogP contribution in [0.5, 0.6) is 0 Å². The molecule has 7 atom stereocenters. The van der Waals surface area contributed by atoms with Crippen molar-refractivity contribution in [1.82, 2.24) is 0 Å². The Bertz CT molecular complexity index is 1380. The van der Waals surface area contributed by atoms with E-state index in [2.05, 4.69) is 13.8 Å². The maximum atomic E-state index is 13.4. The zero-order valence-electron chi connectivity index (χ0n) is 27.3. The van der Waals surface area contributed by atoms with Crippen LogP contribution in [0.15, 0.2) is 35.9 Å². The number of ether oxygens (including phenoxy) is 2. The Kier molecular flexibility index (Phi) is 10.6. The number of hydrogen-bond donors (Lipinski definition) is 1. The fraction of sp³-hybridized carbons (Fsp3) is 0.667. The second kappa shape index (κ2) is 14.0. The Hall–Kier alpha value is -2.42. The second-order valence-corrected chi connectivity index (χ2v) is 15.0. The molecule has 2 N–H and O–H groups in total. The van der Waals surface area contributed by atoms with E-state index in [-0.39, 0.29) is 29.3 Å². The van der Waals surface area contributed by atoms with E-state index in [1.165, 1.54) is 12.5 Å². The zero-order valence-corrected chi connectivity index (χ0v) is 28.8. The van der Waals surface area contributed by atoms with E-state index < -0.39 is 35.6 Å². The molecule has 0 unspecified atom stereocenters. The van der Waals surface area contributed by atoms with Gasteiger partial charge in [-0.2, -0.15) is 0 Å². The minimum absolute atomic E-state index is 0.0102. The molecule has 0 radical (unpaired) electrons. The lowest BCUT2D eigenvalue weighted by molar-refractivity contribution is -0.193. The van der Waals surface area contributed by atoms with Crippen molar-refractivity contribution >= 4 is 52.4 Å². The molecule has 4 aliphatic carbocycles. The molecule has 0 bridgehead atoms. The average molecular weight is 676 g/mol. The fourth-order valence-corrected chi connectivity index (χ4v) is 10.1. The summed E-state index contributed by atoms with van der Waals surface area (Å²) in [5, 5.41) is 0. The van der Waals surface area contributed by atoms with Gasteiger partial charge in [-0.15, -0.1) is 23.2 Å². The third-order valence-corrected chi connectivity index (χ3v) is 12.4. The topological polar surface area (TPSA) is 116 Å². The van der Waals surface area contributed by atoms with Crippen LogP contribution >= 0.6 is 23.2 Å². The van der Waals surface area contributed by atoms with Crippen molar-refractivity contribution in [2.75, 3.05) is 36.4 Å². The number of nitrogens with zero attached hydrogens (tertiary/aromatic N) is 1. The summed E-state index contributed by atoms with van der Waals surface area (Å²) in [5.74, 6) is 0.541. The van der Waals surface area contributed by atoms with Crippen molar-refractivity contribution in [2.45, 2.75) is 90.2 Å². The van der Waals surface area contributed by atoms with E-state index >= 15 is 0 Å². The van der Waals surface area contributed by atoms with Gasteiger partial charge >= 0.3 is 11.9 Å². The lowest BCUT2D eigenvalue weighted by atomic mass is 9.46. The number of hydrogen-bond acceptors (Lipinski definition) is 8. The summed E-state index contributed by atoms with van der Waals surface area (Å²) in [6.45, 7) is 6.53. The molecule has 1 aromatic rings. The highest BCUT2D eigenvalue weighted by molar-refractivity contribution is 6.18. The van der Waals surface area contributed by atoms with Crippen LogP contribution in [0.1, 0.15) is 77.7 Å². The molecule has 0 saturated heterocycles. The number of rotatable bonds is 12. The molecule has 3 fully saturated rings. The smallest absolute Gasteiger partial charge is 0.345 e. The van der Waals surface area contributed by atoms with Gasteiger partial charge in [-0.3, -0.25) is 14.4 Å². The lowest BCUT2D eigenvalue weighted by Crippen LogP contribution is -2.59. The third-order valence-electron chi connectivity index (χ3n) is 12.1. The largest absolute Gasteiger partial charge is 0.453 e. The minimum Gasteiger partial charge on any atom is -0.453 e. The Morgan fingerprint density at radius 1 is 1.00 bits per heavy atom. The molecule has 252 valence electrons. The summed E-state index contributed by atoms with van der Waals surface area (Å²) in [7, 11) is 0. The van der Waals surface area contributed by atoms with E-state index in [0.29, 0.717) is 49.5 Å². The standard InChI is InChI=1S/C36H48Cl2N2O6/c1-23(41)36(15-12-29-27-9-8-25-21-26(42)10-13-34(25,2)28(27)11-14-35(29,36)3)46-32(43)22-45-33(44)30(39)20-24-6-4-5-7-31(24)40(18-16-37)19-17-38/h4-7,21,27-30H,8-20,22,39H2,1-3H3/t27-,28+,29+,30+,34+,35+,36+/m1/s1. The molecule has 0 heterocycles. The van der Waals surface area contributed by atoms with Crippen molar-refractivity contribution < 1.29 is 28.7 Å². The average Bonchev–Trinajstić information content (AvgIpc) is 3.33. The van der Waals surface area contributed by atoms with Crippen LogP contribution in [0.4, 0.5) is 5.69 Å². The SMILES string of the molecule is CC(=O)[C@@]1(OC(=O)COC(=O)[C@@H](N)Cc2ccccc2N(CCCl)CCCl)CC[C@H]2[C@@H]3CCC4=CC(=O)CC[C@]4(C)[C@H]3CC[C@@]21C.